The van der Waals surface area contributed by atoms with E-state index in [4.69, 9.17) is 0 Å². The predicted molar refractivity (Wildman–Crippen MR) is 86.3 cm³/mol. The fourth-order valence-corrected chi connectivity index (χ4v) is 2.24. The van der Waals surface area contributed by atoms with Gasteiger partial charge in [0, 0.05) is 5.69 Å². The van der Waals surface area contributed by atoms with Gasteiger partial charge in [0.25, 0.3) is 0 Å². The van der Waals surface area contributed by atoms with Gasteiger partial charge in [-0.1, -0.05) is 24.3 Å². The van der Waals surface area contributed by atoms with Crippen molar-refractivity contribution in [3.8, 4) is 0 Å². The summed E-state index contributed by atoms with van der Waals surface area (Å²) in [6, 6.07) is 9.27. The Kier molecular flexibility index (Phi) is 5.46. The Balaban J connectivity index is 2.14. The zero-order valence-corrected chi connectivity index (χ0v) is 13.6. The molecular formula is C18H16F3NO3. The Morgan fingerprint density at radius 1 is 1.12 bits per heavy atom. The lowest BCUT2D eigenvalue weighted by Gasteiger charge is -2.11. The Bertz CT molecular complexity index is 800. The van der Waals surface area contributed by atoms with E-state index in [1.807, 2.05) is 0 Å². The van der Waals surface area contributed by atoms with Gasteiger partial charge < -0.3 is 10.1 Å². The van der Waals surface area contributed by atoms with Crippen LogP contribution >= 0.6 is 0 Å². The first-order valence-corrected chi connectivity index (χ1v) is 7.35. The number of alkyl halides is 3. The third kappa shape index (κ3) is 4.82. The van der Waals surface area contributed by atoms with Crippen LogP contribution < -0.4 is 5.32 Å². The average molecular weight is 351 g/mol. The number of carbonyl (C=O) groups is 2. The van der Waals surface area contributed by atoms with Gasteiger partial charge in [0.15, 0.2) is 0 Å². The summed E-state index contributed by atoms with van der Waals surface area (Å²) in [5, 5.41) is 2.61. The molecule has 7 heteroatoms. The molecule has 0 fully saturated rings. The highest BCUT2D eigenvalue weighted by atomic mass is 19.4. The van der Waals surface area contributed by atoms with Gasteiger partial charge in [0.2, 0.25) is 5.91 Å². The molecule has 0 spiro atoms. The van der Waals surface area contributed by atoms with Crippen LogP contribution in [0.15, 0.2) is 42.5 Å². The van der Waals surface area contributed by atoms with E-state index in [1.54, 1.807) is 19.1 Å². The maximum Gasteiger partial charge on any atom is 0.416 e. The highest BCUT2D eigenvalue weighted by Gasteiger charge is 2.30. The average Bonchev–Trinajstić information content (AvgIpc) is 2.55. The number of halogens is 3. The van der Waals surface area contributed by atoms with Crippen molar-refractivity contribution in [3.63, 3.8) is 0 Å². The summed E-state index contributed by atoms with van der Waals surface area (Å²) in [5.41, 5.74) is 0.822. The van der Waals surface area contributed by atoms with Crippen molar-refractivity contribution in [2.24, 2.45) is 0 Å². The van der Waals surface area contributed by atoms with Crippen molar-refractivity contribution in [2.75, 3.05) is 12.4 Å². The molecule has 0 aliphatic rings. The van der Waals surface area contributed by atoms with E-state index in [2.05, 4.69) is 10.1 Å². The van der Waals surface area contributed by atoms with Gasteiger partial charge in [0.1, 0.15) is 0 Å². The molecular weight excluding hydrogens is 335 g/mol. The minimum atomic E-state index is -4.46. The summed E-state index contributed by atoms with van der Waals surface area (Å²) >= 11 is 0. The van der Waals surface area contributed by atoms with Crippen LogP contribution in [0, 0.1) is 6.92 Å². The SMILES string of the molecule is COC(=O)c1ccc(C)c(NC(=O)Cc2cccc(C(F)(F)F)c2)c1. The highest BCUT2D eigenvalue weighted by molar-refractivity contribution is 5.96. The molecule has 2 rings (SSSR count). The molecule has 0 heterocycles. The molecule has 0 aromatic heterocycles. The zero-order valence-electron chi connectivity index (χ0n) is 13.6. The molecule has 4 nitrogen and oxygen atoms in total. The Morgan fingerprint density at radius 3 is 2.48 bits per heavy atom. The van der Waals surface area contributed by atoms with Gasteiger partial charge in [-0.15, -0.1) is 0 Å². The molecule has 0 saturated carbocycles. The summed E-state index contributed by atoms with van der Waals surface area (Å²) in [7, 11) is 1.24. The number of hydrogen-bond acceptors (Lipinski definition) is 3. The van der Waals surface area contributed by atoms with E-state index in [9.17, 15) is 22.8 Å². The lowest BCUT2D eigenvalue weighted by Crippen LogP contribution is -2.16. The second-order valence-corrected chi connectivity index (χ2v) is 5.44. The summed E-state index contributed by atoms with van der Waals surface area (Å²) in [6.45, 7) is 1.74. The number of hydrogen-bond donors (Lipinski definition) is 1. The number of methoxy groups -OCH3 is 1. The predicted octanol–water partition coefficient (Wildman–Crippen LogP) is 3.98. The number of rotatable bonds is 4. The number of benzene rings is 2. The summed E-state index contributed by atoms with van der Waals surface area (Å²) < 4.78 is 42.8. The minimum absolute atomic E-state index is 0.216. The van der Waals surface area contributed by atoms with E-state index in [-0.39, 0.29) is 17.5 Å². The number of esters is 1. The van der Waals surface area contributed by atoms with Crippen molar-refractivity contribution >= 4 is 17.6 Å². The fourth-order valence-electron chi connectivity index (χ4n) is 2.24. The fraction of sp³-hybridized carbons (Fsp3) is 0.222. The maximum atomic E-state index is 12.7. The van der Waals surface area contributed by atoms with Crippen LogP contribution in [0.3, 0.4) is 0 Å². The third-order valence-corrected chi connectivity index (χ3v) is 3.55. The van der Waals surface area contributed by atoms with Crippen LogP contribution in [0.25, 0.3) is 0 Å². The largest absolute Gasteiger partial charge is 0.465 e. The topological polar surface area (TPSA) is 55.4 Å². The normalized spacial score (nSPS) is 11.1. The first-order valence-electron chi connectivity index (χ1n) is 7.35. The second kappa shape index (κ2) is 7.38. The monoisotopic (exact) mass is 351 g/mol. The van der Waals surface area contributed by atoms with Gasteiger partial charge in [-0.2, -0.15) is 13.2 Å². The van der Waals surface area contributed by atoms with Gasteiger partial charge in [0.05, 0.1) is 24.7 Å². The first-order chi connectivity index (χ1) is 11.7. The van der Waals surface area contributed by atoms with Crippen molar-refractivity contribution in [2.45, 2.75) is 19.5 Å². The van der Waals surface area contributed by atoms with E-state index < -0.39 is 23.6 Å². The van der Waals surface area contributed by atoms with Crippen LogP contribution in [0.4, 0.5) is 18.9 Å². The molecule has 2 aromatic rings. The smallest absolute Gasteiger partial charge is 0.416 e. The molecule has 1 N–H and O–H groups in total. The Morgan fingerprint density at radius 2 is 1.84 bits per heavy atom. The molecule has 0 bridgehead atoms. The van der Waals surface area contributed by atoms with E-state index in [1.165, 1.54) is 25.3 Å². The van der Waals surface area contributed by atoms with Crippen LogP contribution in [-0.2, 0) is 22.1 Å². The number of ether oxygens (including phenoxy) is 1. The van der Waals surface area contributed by atoms with Crippen LogP contribution in [0.2, 0.25) is 0 Å². The lowest BCUT2D eigenvalue weighted by molar-refractivity contribution is -0.137. The van der Waals surface area contributed by atoms with Crippen LogP contribution in [0.1, 0.15) is 27.0 Å². The highest BCUT2D eigenvalue weighted by Crippen LogP contribution is 2.29. The van der Waals surface area contributed by atoms with Crippen molar-refractivity contribution in [1.29, 1.82) is 0 Å². The molecule has 25 heavy (non-hydrogen) atoms. The maximum absolute atomic E-state index is 12.7. The summed E-state index contributed by atoms with van der Waals surface area (Å²) in [6.07, 6.45) is -4.68. The molecule has 0 atom stereocenters. The summed E-state index contributed by atoms with van der Waals surface area (Å²) in [4.78, 5) is 23.7. The number of nitrogens with one attached hydrogen (secondary N) is 1. The van der Waals surface area contributed by atoms with Crippen LogP contribution in [0.5, 0.6) is 0 Å². The molecule has 132 valence electrons. The molecule has 0 radical (unpaired) electrons. The second-order valence-electron chi connectivity index (χ2n) is 5.44. The van der Waals surface area contributed by atoms with Gasteiger partial charge in [-0.05, 0) is 36.2 Å². The van der Waals surface area contributed by atoms with Crippen molar-refractivity contribution in [1.82, 2.24) is 0 Å². The van der Waals surface area contributed by atoms with E-state index in [0.717, 1.165) is 12.1 Å². The quantitative estimate of drug-likeness (QED) is 0.848. The third-order valence-electron chi connectivity index (χ3n) is 3.55. The van der Waals surface area contributed by atoms with E-state index in [0.29, 0.717) is 11.3 Å². The van der Waals surface area contributed by atoms with Crippen molar-refractivity contribution < 1.29 is 27.5 Å². The number of anilines is 1. The summed E-state index contributed by atoms with van der Waals surface area (Å²) in [5.74, 6) is -1.03. The molecule has 0 aliphatic carbocycles. The Labute approximate surface area is 142 Å². The van der Waals surface area contributed by atoms with Gasteiger partial charge in [-0.25, -0.2) is 4.79 Å². The van der Waals surface area contributed by atoms with Crippen LogP contribution in [-0.4, -0.2) is 19.0 Å². The number of aryl methyl sites for hydroxylation is 1. The zero-order chi connectivity index (χ0) is 18.6. The lowest BCUT2D eigenvalue weighted by atomic mass is 10.1. The number of carbonyl (C=O) groups excluding carboxylic acids is 2. The standard InChI is InChI=1S/C18H16F3NO3/c1-11-6-7-13(17(24)25-2)10-15(11)22-16(23)9-12-4-3-5-14(8-12)18(19,20)21/h3-8,10H,9H2,1-2H3,(H,22,23). The van der Waals surface area contributed by atoms with Gasteiger partial charge in [-0.3, -0.25) is 4.79 Å². The molecule has 0 unspecified atom stereocenters. The van der Waals surface area contributed by atoms with Gasteiger partial charge >= 0.3 is 12.1 Å². The minimum Gasteiger partial charge on any atom is -0.465 e. The molecule has 1 amide bonds. The van der Waals surface area contributed by atoms with Crippen molar-refractivity contribution in [3.05, 3.63) is 64.7 Å². The first kappa shape index (κ1) is 18.5. The molecule has 0 aliphatic heterocycles. The van der Waals surface area contributed by atoms with E-state index >= 15 is 0 Å². The number of amides is 1. The molecule has 0 saturated heterocycles. The molecule has 2 aromatic carbocycles. The Hall–Kier alpha value is -2.83.